The SMILES string of the molecule is C=C(F)/C=C(F)\C(=C/C)CC(=N)SC(=N)c1cn(N(C)C2(NC)CCC3CC32)c(C=O)c(OCc2ccccc2)c1=O.CC. The second kappa shape index (κ2) is 15.3. The summed E-state index contributed by atoms with van der Waals surface area (Å²) in [6.45, 7) is 8.61. The molecule has 4 rings (SSSR count). The fourth-order valence-electron chi connectivity index (χ4n) is 5.73. The quantitative estimate of drug-likeness (QED) is 0.0779. The zero-order chi connectivity index (χ0) is 32.6. The van der Waals surface area contributed by atoms with Gasteiger partial charge in [0.15, 0.2) is 12.0 Å². The van der Waals surface area contributed by atoms with E-state index in [1.54, 1.807) is 11.6 Å². The smallest absolute Gasteiger partial charge is 0.234 e. The van der Waals surface area contributed by atoms with Crippen molar-refractivity contribution in [2.75, 3.05) is 19.1 Å². The van der Waals surface area contributed by atoms with Crippen molar-refractivity contribution in [3.8, 4) is 5.75 Å². The third-order valence-corrected chi connectivity index (χ3v) is 8.86. The van der Waals surface area contributed by atoms with Crippen LogP contribution in [0, 0.1) is 22.7 Å². The number of allylic oxidation sites excluding steroid dienone is 5. The Hall–Kier alpha value is -3.83. The van der Waals surface area contributed by atoms with E-state index in [1.807, 2.05) is 63.3 Å². The normalized spacial score (nSPS) is 20.6. The number of nitrogens with zero attached hydrogens (tertiary/aromatic N) is 2. The number of halogens is 2. The van der Waals surface area contributed by atoms with Crippen LogP contribution in [-0.2, 0) is 6.61 Å². The summed E-state index contributed by atoms with van der Waals surface area (Å²) >= 11 is 0.674. The molecule has 44 heavy (non-hydrogen) atoms. The van der Waals surface area contributed by atoms with Gasteiger partial charge >= 0.3 is 0 Å². The van der Waals surface area contributed by atoms with Gasteiger partial charge in [-0.3, -0.25) is 35.4 Å². The first-order valence-corrected chi connectivity index (χ1v) is 15.4. The van der Waals surface area contributed by atoms with Gasteiger partial charge in [0.05, 0.1) is 10.6 Å². The molecule has 2 aliphatic rings. The Balaban J connectivity index is 0.00000259. The van der Waals surface area contributed by atoms with Crippen molar-refractivity contribution < 1.29 is 18.3 Å². The third-order valence-electron chi connectivity index (χ3n) is 8.04. The fraction of sp³-hybridized carbons (Fsp3) is 0.394. The van der Waals surface area contributed by atoms with Crippen molar-refractivity contribution in [3.05, 3.63) is 99.5 Å². The zero-order valence-corrected chi connectivity index (χ0v) is 26.7. The summed E-state index contributed by atoms with van der Waals surface area (Å²) in [6.07, 6.45) is 6.77. The van der Waals surface area contributed by atoms with Crippen molar-refractivity contribution >= 4 is 28.1 Å². The van der Waals surface area contributed by atoms with Gasteiger partial charge in [0.25, 0.3) is 0 Å². The van der Waals surface area contributed by atoms with Crippen LogP contribution in [0.1, 0.15) is 68.1 Å². The first-order chi connectivity index (χ1) is 21.1. The van der Waals surface area contributed by atoms with Crippen LogP contribution in [-0.4, -0.2) is 40.8 Å². The topological polar surface area (TPSA) is 111 Å². The number of aldehydes is 1. The second-order valence-corrected chi connectivity index (χ2v) is 11.6. The van der Waals surface area contributed by atoms with E-state index in [0.717, 1.165) is 24.8 Å². The van der Waals surface area contributed by atoms with Crippen molar-refractivity contribution in [3.63, 3.8) is 0 Å². The van der Waals surface area contributed by atoms with Crippen LogP contribution < -0.4 is 20.5 Å². The molecule has 236 valence electrons. The molecule has 2 aromatic rings. The maximum absolute atomic E-state index is 14.4. The molecule has 2 fully saturated rings. The molecule has 2 saturated carbocycles. The standard InChI is InChI=1S/C31H35F2N5O3S.C2H6/c1-5-21(25(33)13-19(2)32)15-27(34)42-30(35)23-16-38(37(4)31(36-3)12-11-22-14-24(22)31)26(17-39)29(28(23)40)41-18-20-9-7-6-8-10-20;1-2/h5-10,13,16-17,22,24,34-36H,2,11-12,14-15,18H2,1,3-4H3;1-2H3/b21-5-,25-13+,34-27?,35-30?;. The van der Waals surface area contributed by atoms with Crippen molar-refractivity contribution in [1.82, 2.24) is 9.99 Å². The third kappa shape index (κ3) is 7.44. The van der Waals surface area contributed by atoms with Gasteiger partial charge in [0.2, 0.25) is 5.43 Å². The molecule has 1 aromatic heterocycles. The number of hydrogen-bond donors (Lipinski definition) is 3. The molecular formula is C33H41F2N5O3S. The van der Waals surface area contributed by atoms with Crippen LogP contribution in [0.4, 0.5) is 8.78 Å². The average molecular weight is 626 g/mol. The van der Waals surface area contributed by atoms with Crippen LogP contribution in [0.5, 0.6) is 5.75 Å². The summed E-state index contributed by atoms with van der Waals surface area (Å²) < 4.78 is 35.0. The predicted molar refractivity (Wildman–Crippen MR) is 175 cm³/mol. The second-order valence-electron chi connectivity index (χ2n) is 10.4. The first-order valence-electron chi connectivity index (χ1n) is 14.6. The molecule has 0 spiro atoms. The number of carbonyl (C=O) groups excluding carboxylic acids is 1. The van der Waals surface area contributed by atoms with Gasteiger partial charge in [0.1, 0.15) is 34.7 Å². The monoisotopic (exact) mass is 625 g/mol. The molecule has 1 heterocycles. The Labute approximate surface area is 261 Å². The molecule has 0 saturated heterocycles. The van der Waals surface area contributed by atoms with Gasteiger partial charge in [0, 0.05) is 25.7 Å². The molecule has 1 aromatic carbocycles. The van der Waals surface area contributed by atoms with Gasteiger partial charge < -0.3 is 4.74 Å². The number of thioether (sulfide) groups is 1. The molecule has 8 nitrogen and oxygen atoms in total. The Morgan fingerprint density at radius 1 is 1.27 bits per heavy atom. The molecule has 11 heteroatoms. The summed E-state index contributed by atoms with van der Waals surface area (Å²) in [6, 6.07) is 9.20. The highest BCUT2D eigenvalue weighted by molar-refractivity contribution is 8.26. The largest absolute Gasteiger partial charge is 0.483 e. The first kappa shape index (κ1) is 34.7. The van der Waals surface area contributed by atoms with E-state index in [2.05, 4.69) is 11.9 Å². The number of hydrogen-bond acceptors (Lipinski definition) is 8. The molecular weight excluding hydrogens is 584 g/mol. The van der Waals surface area contributed by atoms with Gasteiger partial charge in [-0.2, -0.15) is 0 Å². The maximum atomic E-state index is 14.4. The maximum Gasteiger partial charge on any atom is 0.234 e. The van der Waals surface area contributed by atoms with Gasteiger partial charge in [-0.25, -0.2) is 8.78 Å². The lowest BCUT2D eigenvalue weighted by Crippen LogP contribution is -2.61. The van der Waals surface area contributed by atoms with E-state index >= 15 is 0 Å². The van der Waals surface area contributed by atoms with Crippen LogP contribution in [0.25, 0.3) is 0 Å². The van der Waals surface area contributed by atoms with Crippen LogP contribution in [0.3, 0.4) is 0 Å². The van der Waals surface area contributed by atoms with Gasteiger partial charge in [-0.15, -0.1) is 0 Å². The molecule has 3 unspecified atom stereocenters. The molecule has 3 N–H and O–H groups in total. The van der Waals surface area contributed by atoms with E-state index in [-0.39, 0.29) is 45.7 Å². The fourth-order valence-corrected chi connectivity index (χ4v) is 6.46. The number of nitrogens with one attached hydrogen (secondary N) is 3. The summed E-state index contributed by atoms with van der Waals surface area (Å²) in [5.41, 5.74) is -0.336. The number of benzene rings is 1. The average Bonchev–Trinajstić information content (AvgIpc) is 3.72. The lowest BCUT2D eigenvalue weighted by Gasteiger charge is -2.43. The number of fused-ring (bicyclic) bond motifs is 1. The van der Waals surface area contributed by atoms with E-state index in [9.17, 15) is 18.4 Å². The molecule has 0 bridgehead atoms. The highest BCUT2D eigenvalue weighted by Crippen LogP contribution is 2.57. The highest BCUT2D eigenvalue weighted by Gasteiger charge is 2.59. The van der Waals surface area contributed by atoms with Gasteiger partial charge in [-0.05, 0) is 56.2 Å². The Morgan fingerprint density at radius 3 is 2.48 bits per heavy atom. The summed E-state index contributed by atoms with van der Waals surface area (Å²) in [7, 11) is 3.71. The Bertz CT molecular complexity index is 1520. The Morgan fingerprint density at radius 2 is 1.95 bits per heavy atom. The minimum absolute atomic E-state index is 0.0173. The van der Waals surface area contributed by atoms with Crippen LogP contribution in [0.2, 0.25) is 0 Å². The molecule has 0 radical (unpaired) electrons. The molecule has 3 atom stereocenters. The lowest BCUT2D eigenvalue weighted by atomic mass is 10.0. The summed E-state index contributed by atoms with van der Waals surface area (Å²) in [5, 5.41) is 22.1. The molecule has 0 aliphatic heterocycles. The van der Waals surface area contributed by atoms with E-state index < -0.39 is 22.7 Å². The van der Waals surface area contributed by atoms with Crippen molar-refractivity contribution in [2.24, 2.45) is 11.8 Å². The van der Waals surface area contributed by atoms with Crippen molar-refractivity contribution in [2.45, 2.75) is 58.7 Å². The van der Waals surface area contributed by atoms with Crippen LogP contribution in [0.15, 0.2) is 77.3 Å². The Kier molecular flexibility index (Phi) is 12.0. The van der Waals surface area contributed by atoms with E-state index in [4.69, 9.17) is 15.6 Å². The minimum Gasteiger partial charge on any atom is -0.483 e. The number of rotatable bonds is 12. The van der Waals surface area contributed by atoms with Gasteiger partial charge in [-0.1, -0.05) is 68.6 Å². The lowest BCUT2D eigenvalue weighted by molar-refractivity contribution is 0.110. The molecule has 2 aliphatic carbocycles. The van der Waals surface area contributed by atoms with Crippen LogP contribution >= 0.6 is 11.8 Å². The highest BCUT2D eigenvalue weighted by atomic mass is 32.2. The minimum atomic E-state index is -0.958. The predicted octanol–water partition coefficient (Wildman–Crippen LogP) is 6.89. The van der Waals surface area contributed by atoms with E-state index in [0.29, 0.717) is 36.0 Å². The van der Waals surface area contributed by atoms with Crippen molar-refractivity contribution in [1.29, 1.82) is 10.8 Å². The number of ether oxygens (including phenoxy) is 1. The summed E-state index contributed by atoms with van der Waals surface area (Å²) in [5.74, 6) is -1.07. The summed E-state index contributed by atoms with van der Waals surface area (Å²) in [4.78, 5) is 26.2. The number of pyridine rings is 1. The number of aromatic nitrogens is 1. The molecule has 0 amide bonds. The number of carbonyl (C=O) groups is 1. The van der Waals surface area contributed by atoms with E-state index in [1.165, 1.54) is 12.3 Å². The zero-order valence-electron chi connectivity index (χ0n) is 25.9.